The van der Waals surface area contributed by atoms with E-state index >= 15 is 0 Å². The van der Waals surface area contributed by atoms with Gasteiger partial charge in [-0.3, -0.25) is 0 Å². The number of nitrogens with one attached hydrogen (secondary N) is 1. The number of aryl methyl sites for hydroxylation is 1. The summed E-state index contributed by atoms with van der Waals surface area (Å²) in [6, 6.07) is 0. The molecule has 98 valence electrons. The van der Waals surface area contributed by atoms with Gasteiger partial charge in [-0.15, -0.1) is 11.3 Å². The highest BCUT2D eigenvalue weighted by Gasteiger charge is 2.04. The van der Waals surface area contributed by atoms with E-state index in [-0.39, 0.29) is 0 Å². The monoisotopic (exact) mass is 260 g/mol. The lowest BCUT2D eigenvalue weighted by atomic mass is 10.4. The molecule has 0 aliphatic carbocycles. The maximum Gasteiger partial charge on any atom is 0.107 e. The molecule has 5 nitrogen and oxygen atoms in total. The number of aromatic nitrogens is 1. The molecule has 1 atom stereocenters. The maximum absolute atomic E-state index is 9.59. The molecule has 0 bridgehead atoms. The molecule has 1 aromatic rings. The van der Waals surface area contributed by atoms with Crippen molar-refractivity contribution in [3.05, 3.63) is 16.1 Å². The lowest BCUT2D eigenvalue weighted by Gasteiger charge is -2.11. The minimum Gasteiger partial charge on any atom is -0.389 e. The molecule has 1 aromatic heterocycles. The number of rotatable bonds is 9. The Labute approximate surface area is 106 Å². The van der Waals surface area contributed by atoms with Crippen LogP contribution in [0.1, 0.15) is 10.7 Å². The first-order valence-electron chi connectivity index (χ1n) is 5.59. The topological polar surface area (TPSA) is 63.6 Å². The van der Waals surface area contributed by atoms with Crippen LogP contribution in [0.15, 0.2) is 5.38 Å². The van der Waals surface area contributed by atoms with E-state index in [1.807, 2.05) is 12.3 Å². The SMILES string of the molecule is COCCOCC(O)CNCc1nc(C)cs1. The number of thiazole rings is 1. The molecule has 6 heteroatoms. The normalized spacial score (nSPS) is 12.9. The lowest BCUT2D eigenvalue weighted by Crippen LogP contribution is -2.30. The second-order valence-corrected chi connectivity index (χ2v) is 4.68. The van der Waals surface area contributed by atoms with Gasteiger partial charge in [0, 0.05) is 31.3 Å². The van der Waals surface area contributed by atoms with E-state index in [9.17, 15) is 5.11 Å². The Kier molecular flexibility index (Phi) is 7.30. The Morgan fingerprint density at radius 2 is 2.35 bits per heavy atom. The highest BCUT2D eigenvalue weighted by molar-refractivity contribution is 7.09. The molecule has 1 rings (SSSR count). The summed E-state index contributed by atoms with van der Waals surface area (Å²) in [5, 5.41) is 15.8. The summed E-state index contributed by atoms with van der Waals surface area (Å²) in [4.78, 5) is 4.32. The van der Waals surface area contributed by atoms with Crippen molar-refractivity contribution in [1.82, 2.24) is 10.3 Å². The Bertz CT molecular complexity index is 307. The van der Waals surface area contributed by atoms with Crippen molar-refractivity contribution < 1.29 is 14.6 Å². The van der Waals surface area contributed by atoms with Crippen molar-refractivity contribution in [3.8, 4) is 0 Å². The van der Waals surface area contributed by atoms with Crippen molar-refractivity contribution in [2.75, 3.05) is 33.5 Å². The van der Waals surface area contributed by atoms with Gasteiger partial charge in [-0.2, -0.15) is 0 Å². The van der Waals surface area contributed by atoms with Crippen LogP contribution in [0, 0.1) is 6.92 Å². The van der Waals surface area contributed by atoms with Gasteiger partial charge in [0.1, 0.15) is 5.01 Å². The van der Waals surface area contributed by atoms with E-state index in [1.54, 1.807) is 18.4 Å². The fourth-order valence-electron chi connectivity index (χ4n) is 1.25. The van der Waals surface area contributed by atoms with Gasteiger partial charge >= 0.3 is 0 Å². The summed E-state index contributed by atoms with van der Waals surface area (Å²) in [6.45, 7) is 4.56. The van der Waals surface area contributed by atoms with Crippen molar-refractivity contribution in [1.29, 1.82) is 0 Å². The largest absolute Gasteiger partial charge is 0.389 e. The minimum atomic E-state index is -0.493. The van der Waals surface area contributed by atoms with Crippen LogP contribution >= 0.6 is 11.3 Å². The standard InChI is InChI=1S/C11H20N2O3S/c1-9-8-17-11(13-9)6-12-5-10(14)7-16-4-3-15-2/h8,10,12,14H,3-7H2,1-2H3. The lowest BCUT2D eigenvalue weighted by molar-refractivity contribution is 0.0137. The highest BCUT2D eigenvalue weighted by Crippen LogP contribution is 2.07. The molecule has 0 aliphatic rings. The predicted octanol–water partition coefficient (Wildman–Crippen LogP) is 0.565. The average molecular weight is 260 g/mol. The smallest absolute Gasteiger partial charge is 0.107 e. The molecule has 0 spiro atoms. The molecule has 0 aromatic carbocycles. The van der Waals surface area contributed by atoms with Gasteiger partial charge in [-0.1, -0.05) is 0 Å². The van der Waals surface area contributed by atoms with Gasteiger partial charge < -0.3 is 19.9 Å². The number of hydrogen-bond donors (Lipinski definition) is 2. The first-order chi connectivity index (χ1) is 8.22. The quantitative estimate of drug-likeness (QED) is 0.635. The van der Waals surface area contributed by atoms with Crippen molar-refractivity contribution in [3.63, 3.8) is 0 Å². The summed E-state index contributed by atoms with van der Waals surface area (Å²) in [6.07, 6.45) is -0.493. The average Bonchev–Trinajstić information content (AvgIpc) is 2.71. The molecule has 0 fully saturated rings. The fraction of sp³-hybridized carbons (Fsp3) is 0.727. The first kappa shape index (κ1) is 14.5. The number of nitrogens with zero attached hydrogens (tertiary/aromatic N) is 1. The Morgan fingerprint density at radius 3 is 3.00 bits per heavy atom. The Hall–Kier alpha value is -0.530. The van der Waals surface area contributed by atoms with E-state index in [0.717, 1.165) is 10.7 Å². The summed E-state index contributed by atoms with van der Waals surface area (Å²) in [5.41, 5.74) is 1.04. The van der Waals surface area contributed by atoms with Gasteiger partial charge in [0.05, 0.1) is 25.9 Å². The number of methoxy groups -OCH3 is 1. The van der Waals surface area contributed by atoms with Gasteiger partial charge in [0.25, 0.3) is 0 Å². The maximum atomic E-state index is 9.59. The van der Waals surface area contributed by atoms with E-state index in [1.165, 1.54) is 0 Å². The van der Waals surface area contributed by atoms with Gasteiger partial charge in [-0.05, 0) is 6.92 Å². The third kappa shape index (κ3) is 6.70. The van der Waals surface area contributed by atoms with E-state index < -0.39 is 6.10 Å². The molecule has 0 saturated heterocycles. The molecule has 1 unspecified atom stereocenters. The van der Waals surface area contributed by atoms with Crippen LogP contribution in [0.4, 0.5) is 0 Å². The highest BCUT2D eigenvalue weighted by atomic mass is 32.1. The Morgan fingerprint density at radius 1 is 1.53 bits per heavy atom. The molecule has 0 amide bonds. The van der Waals surface area contributed by atoms with Crippen LogP contribution < -0.4 is 5.32 Å². The van der Waals surface area contributed by atoms with Gasteiger partial charge in [-0.25, -0.2) is 4.98 Å². The first-order valence-corrected chi connectivity index (χ1v) is 6.46. The summed E-state index contributed by atoms with van der Waals surface area (Å²) >= 11 is 1.62. The predicted molar refractivity (Wildman–Crippen MR) is 67.3 cm³/mol. The van der Waals surface area contributed by atoms with Gasteiger partial charge in [0.15, 0.2) is 0 Å². The molecular weight excluding hydrogens is 240 g/mol. The van der Waals surface area contributed by atoms with E-state index in [2.05, 4.69) is 10.3 Å². The number of hydrogen-bond acceptors (Lipinski definition) is 6. The summed E-state index contributed by atoms with van der Waals surface area (Å²) < 4.78 is 10.1. The van der Waals surface area contributed by atoms with Crippen LogP contribution in [-0.4, -0.2) is 49.7 Å². The molecule has 0 radical (unpaired) electrons. The molecular formula is C11H20N2O3S. The van der Waals surface area contributed by atoms with Crippen LogP contribution in [0.2, 0.25) is 0 Å². The summed E-state index contributed by atoms with van der Waals surface area (Å²) in [5.74, 6) is 0. The Balaban J connectivity index is 2.02. The number of ether oxygens (including phenoxy) is 2. The third-order valence-electron chi connectivity index (χ3n) is 2.06. The number of aliphatic hydroxyl groups is 1. The van der Waals surface area contributed by atoms with Gasteiger partial charge in [0.2, 0.25) is 0 Å². The van der Waals surface area contributed by atoms with E-state index in [0.29, 0.717) is 32.9 Å². The molecule has 0 aliphatic heterocycles. The zero-order valence-electron chi connectivity index (χ0n) is 10.3. The second-order valence-electron chi connectivity index (χ2n) is 3.74. The van der Waals surface area contributed by atoms with Crippen LogP contribution in [-0.2, 0) is 16.0 Å². The van der Waals surface area contributed by atoms with Crippen molar-refractivity contribution >= 4 is 11.3 Å². The molecule has 17 heavy (non-hydrogen) atoms. The zero-order valence-corrected chi connectivity index (χ0v) is 11.1. The van der Waals surface area contributed by atoms with Crippen LogP contribution in [0.3, 0.4) is 0 Å². The minimum absolute atomic E-state index is 0.327. The molecule has 1 heterocycles. The fourth-order valence-corrected chi connectivity index (χ4v) is 1.99. The third-order valence-corrected chi connectivity index (χ3v) is 3.03. The van der Waals surface area contributed by atoms with Crippen molar-refractivity contribution in [2.45, 2.75) is 19.6 Å². The molecule has 0 saturated carbocycles. The van der Waals surface area contributed by atoms with Crippen LogP contribution in [0.25, 0.3) is 0 Å². The summed E-state index contributed by atoms with van der Waals surface area (Å²) in [7, 11) is 1.62. The molecule has 2 N–H and O–H groups in total. The second kappa shape index (κ2) is 8.54. The zero-order chi connectivity index (χ0) is 12.5. The number of aliphatic hydroxyl groups excluding tert-OH is 1. The van der Waals surface area contributed by atoms with Crippen LogP contribution in [0.5, 0.6) is 0 Å². The van der Waals surface area contributed by atoms with E-state index in [4.69, 9.17) is 9.47 Å². The van der Waals surface area contributed by atoms with Crippen molar-refractivity contribution in [2.24, 2.45) is 0 Å².